The van der Waals surface area contributed by atoms with E-state index < -0.39 is 5.82 Å². The Morgan fingerprint density at radius 3 is 2.96 bits per heavy atom. The molecule has 0 bridgehead atoms. The third kappa shape index (κ3) is 2.30. The molecule has 26 heavy (non-hydrogen) atoms. The van der Waals surface area contributed by atoms with E-state index >= 15 is 0 Å². The van der Waals surface area contributed by atoms with Crippen LogP contribution in [0.15, 0.2) is 24.5 Å². The highest BCUT2D eigenvalue weighted by atomic mass is 35.5. The smallest absolute Gasteiger partial charge is 0.318 e. The highest BCUT2D eigenvalue weighted by Crippen LogP contribution is 2.64. The van der Waals surface area contributed by atoms with Gasteiger partial charge in [0.1, 0.15) is 5.82 Å². The Balaban J connectivity index is 1.40. The van der Waals surface area contributed by atoms with Crippen molar-refractivity contribution in [3.8, 4) is 11.4 Å². The highest BCUT2D eigenvalue weighted by Gasteiger charge is 2.71. The molecule has 3 fully saturated rings. The van der Waals surface area contributed by atoms with Crippen LogP contribution in [0, 0.1) is 23.6 Å². The van der Waals surface area contributed by atoms with E-state index in [1.807, 2.05) is 4.90 Å². The van der Waals surface area contributed by atoms with E-state index in [0.29, 0.717) is 35.4 Å². The molecule has 5 rings (SSSR count). The number of carbonyl (C=O) groups excluding carboxylic acids is 1. The van der Waals surface area contributed by atoms with Gasteiger partial charge in [0.2, 0.25) is 0 Å². The van der Waals surface area contributed by atoms with Gasteiger partial charge in [-0.1, -0.05) is 18.5 Å². The number of hydrogen-bond acceptors (Lipinski definition) is 4. The van der Waals surface area contributed by atoms with Crippen molar-refractivity contribution in [3.05, 3.63) is 35.4 Å². The van der Waals surface area contributed by atoms with Gasteiger partial charge in [-0.05, 0) is 36.8 Å². The van der Waals surface area contributed by atoms with Gasteiger partial charge in [0.25, 0.3) is 0 Å². The molecule has 3 aliphatic rings. The second-order valence-corrected chi connectivity index (χ2v) is 7.90. The summed E-state index contributed by atoms with van der Waals surface area (Å²) in [6, 6.07) is 3.02. The number of anilines is 1. The number of amides is 2. The van der Waals surface area contributed by atoms with Crippen molar-refractivity contribution in [2.24, 2.45) is 17.8 Å². The first kappa shape index (κ1) is 15.9. The molecule has 1 saturated heterocycles. The Kier molecular flexibility index (Phi) is 3.44. The second-order valence-electron chi connectivity index (χ2n) is 7.49. The maximum atomic E-state index is 14.4. The second kappa shape index (κ2) is 5.61. The Morgan fingerprint density at radius 1 is 1.35 bits per heavy atom. The minimum Gasteiger partial charge on any atom is -0.318 e. The number of rotatable bonds is 2. The molecule has 0 radical (unpaired) electrons. The highest BCUT2D eigenvalue weighted by molar-refractivity contribution is 6.33. The van der Waals surface area contributed by atoms with Crippen molar-refractivity contribution in [2.75, 3.05) is 5.32 Å². The van der Waals surface area contributed by atoms with E-state index in [-0.39, 0.29) is 22.6 Å². The summed E-state index contributed by atoms with van der Waals surface area (Å²) in [6.07, 6.45) is 5.14. The molecule has 1 aromatic carbocycles. The van der Waals surface area contributed by atoms with Crippen LogP contribution in [0.5, 0.6) is 0 Å². The molecule has 1 aliphatic heterocycles. The molecule has 6 nitrogen and oxygen atoms in total. The first-order chi connectivity index (χ1) is 12.5. The number of urea groups is 1. The molecule has 5 atom stereocenters. The quantitative estimate of drug-likeness (QED) is 0.873. The van der Waals surface area contributed by atoms with Gasteiger partial charge in [-0.15, -0.1) is 5.10 Å². The Labute approximate surface area is 154 Å². The molecule has 2 aliphatic carbocycles. The molecule has 1 N–H and O–H groups in total. The molecule has 2 heterocycles. The Morgan fingerprint density at radius 2 is 2.19 bits per heavy atom. The molecule has 2 aromatic rings. The Hall–Kier alpha value is -2.28. The van der Waals surface area contributed by atoms with Crippen LogP contribution in [0.25, 0.3) is 11.4 Å². The topological polar surface area (TPSA) is 71.0 Å². The van der Waals surface area contributed by atoms with Crippen LogP contribution in [0.2, 0.25) is 5.02 Å². The summed E-state index contributed by atoms with van der Waals surface area (Å²) in [5, 5.41) is 10.5. The van der Waals surface area contributed by atoms with Crippen molar-refractivity contribution >= 4 is 23.3 Å². The summed E-state index contributed by atoms with van der Waals surface area (Å²) < 4.78 is 14.4. The fourth-order valence-electron chi connectivity index (χ4n) is 4.78. The lowest BCUT2D eigenvalue weighted by Crippen LogP contribution is -2.54. The maximum absolute atomic E-state index is 14.4. The van der Waals surface area contributed by atoms with Gasteiger partial charge in [0.05, 0.1) is 16.9 Å². The first-order valence-corrected chi connectivity index (χ1v) is 9.15. The number of carbonyl (C=O) groups is 1. The minimum absolute atomic E-state index is 0.0774. The minimum atomic E-state index is -0.583. The number of fused-ring (bicyclic) bond motifs is 1. The lowest BCUT2D eigenvalue weighted by atomic mass is 9.85. The van der Waals surface area contributed by atoms with Crippen LogP contribution < -0.4 is 5.32 Å². The summed E-state index contributed by atoms with van der Waals surface area (Å²) in [5.41, 5.74) is 0.505. The lowest BCUT2D eigenvalue weighted by Gasteiger charge is -2.41. The number of likely N-dealkylation sites (tertiary alicyclic amines) is 1. The fraction of sp³-hybridized carbons (Fsp3) is 0.444. The molecule has 134 valence electrons. The van der Waals surface area contributed by atoms with Crippen molar-refractivity contribution in [2.45, 2.75) is 31.8 Å². The fourth-order valence-corrected chi connectivity index (χ4v) is 5.02. The predicted molar refractivity (Wildman–Crippen MR) is 94.0 cm³/mol. The van der Waals surface area contributed by atoms with E-state index in [1.54, 1.807) is 0 Å². The van der Waals surface area contributed by atoms with Crippen LogP contribution >= 0.6 is 11.6 Å². The number of hydrogen-bond donors (Lipinski definition) is 1. The molecule has 5 unspecified atom stereocenters. The number of aromatic nitrogens is 3. The van der Waals surface area contributed by atoms with Gasteiger partial charge in [0.15, 0.2) is 5.82 Å². The molecule has 2 saturated carbocycles. The van der Waals surface area contributed by atoms with Crippen LogP contribution in [-0.2, 0) is 0 Å². The van der Waals surface area contributed by atoms with Crippen LogP contribution in [-0.4, -0.2) is 38.2 Å². The maximum Gasteiger partial charge on any atom is 0.322 e. The van der Waals surface area contributed by atoms with Gasteiger partial charge in [-0.25, -0.2) is 14.2 Å². The normalized spacial score (nSPS) is 31.0. The molecule has 8 heteroatoms. The predicted octanol–water partition coefficient (Wildman–Crippen LogP) is 3.59. The third-order valence-electron chi connectivity index (χ3n) is 5.88. The van der Waals surface area contributed by atoms with E-state index in [2.05, 4.69) is 27.4 Å². The van der Waals surface area contributed by atoms with Gasteiger partial charge in [-0.2, -0.15) is 5.10 Å². The van der Waals surface area contributed by atoms with E-state index in [9.17, 15) is 9.18 Å². The summed E-state index contributed by atoms with van der Waals surface area (Å²) >= 11 is 6.12. The monoisotopic (exact) mass is 373 g/mol. The van der Waals surface area contributed by atoms with Gasteiger partial charge in [-0.3, -0.25) is 0 Å². The zero-order valence-electron chi connectivity index (χ0n) is 14.1. The van der Waals surface area contributed by atoms with Crippen LogP contribution in [0.3, 0.4) is 0 Å². The lowest BCUT2D eigenvalue weighted by molar-refractivity contribution is 0.0988. The zero-order chi connectivity index (χ0) is 18.0. The average molecular weight is 374 g/mol. The van der Waals surface area contributed by atoms with E-state index in [4.69, 9.17) is 11.6 Å². The third-order valence-corrected chi connectivity index (χ3v) is 6.20. The number of halogens is 2. The summed E-state index contributed by atoms with van der Waals surface area (Å²) in [5.74, 6) is 1.63. The molecule has 1 aromatic heterocycles. The number of nitrogens with zero attached hydrogens (tertiary/aromatic N) is 4. The zero-order valence-corrected chi connectivity index (χ0v) is 14.8. The number of benzene rings is 1. The van der Waals surface area contributed by atoms with Crippen LogP contribution in [0.1, 0.15) is 19.8 Å². The Bertz CT molecular complexity index is 895. The summed E-state index contributed by atoms with van der Waals surface area (Å²) in [7, 11) is 0. The molecular weight excluding hydrogens is 357 g/mol. The van der Waals surface area contributed by atoms with Crippen molar-refractivity contribution < 1.29 is 9.18 Å². The van der Waals surface area contributed by atoms with E-state index in [0.717, 1.165) is 6.42 Å². The standard InChI is InChI=1S/C18H17ClFN5O/c1-8-4-10-15-14(5-8)25(16(10)15)18(26)23-13-6-9(11(19)7-12(13)20)17-21-2-3-22-24-17/h2-3,6-8,10,14-16H,4-5H2,1H3,(H,23,26). The van der Waals surface area contributed by atoms with E-state index in [1.165, 1.54) is 30.9 Å². The van der Waals surface area contributed by atoms with Crippen molar-refractivity contribution in [1.82, 2.24) is 20.1 Å². The SMILES string of the molecule is CC1CC2C3C(C1)N(C(=O)Nc1cc(-c4nccnn4)c(Cl)cc1F)C23. The van der Waals surface area contributed by atoms with Crippen LogP contribution in [0.4, 0.5) is 14.9 Å². The van der Waals surface area contributed by atoms with Gasteiger partial charge in [0, 0.05) is 29.8 Å². The average Bonchev–Trinajstić information content (AvgIpc) is 3.27. The largest absolute Gasteiger partial charge is 0.322 e. The summed E-state index contributed by atoms with van der Waals surface area (Å²) in [6.45, 7) is 2.24. The molecule has 0 spiro atoms. The van der Waals surface area contributed by atoms with Crippen molar-refractivity contribution in [3.63, 3.8) is 0 Å². The van der Waals surface area contributed by atoms with Gasteiger partial charge < -0.3 is 10.2 Å². The molecular formula is C18H17ClFN5O. The van der Waals surface area contributed by atoms with Crippen molar-refractivity contribution in [1.29, 1.82) is 0 Å². The van der Waals surface area contributed by atoms with Gasteiger partial charge >= 0.3 is 6.03 Å². The first-order valence-electron chi connectivity index (χ1n) is 8.77. The summed E-state index contributed by atoms with van der Waals surface area (Å²) in [4.78, 5) is 18.7. The molecule has 2 amide bonds. The number of nitrogens with one attached hydrogen (secondary N) is 1.